The monoisotopic (exact) mass is 204 g/mol. The van der Waals surface area contributed by atoms with Crippen molar-refractivity contribution in [1.29, 1.82) is 0 Å². The maximum Gasteiger partial charge on any atom is 0.0915 e. The van der Waals surface area contributed by atoms with Crippen molar-refractivity contribution in [3.05, 3.63) is 24.3 Å². The van der Waals surface area contributed by atoms with Crippen molar-refractivity contribution in [1.82, 2.24) is 0 Å². The van der Waals surface area contributed by atoms with Gasteiger partial charge in [0.1, 0.15) is 0 Å². The van der Waals surface area contributed by atoms with Crippen molar-refractivity contribution in [2.75, 3.05) is 0 Å². The normalized spacial score (nSPS) is 51.5. The van der Waals surface area contributed by atoms with Crippen LogP contribution < -0.4 is 0 Å². The van der Waals surface area contributed by atoms with Crippen molar-refractivity contribution < 1.29 is 5.11 Å². The first kappa shape index (κ1) is 9.65. The zero-order valence-electron chi connectivity index (χ0n) is 9.77. The Kier molecular flexibility index (Phi) is 1.65. The number of hydrogen-bond acceptors (Lipinski definition) is 1. The van der Waals surface area contributed by atoms with Gasteiger partial charge in [-0.05, 0) is 29.6 Å². The molecule has 0 aromatic carbocycles. The molecule has 5 atom stereocenters. The average Bonchev–Trinajstić information content (AvgIpc) is 2.74. The van der Waals surface area contributed by atoms with Gasteiger partial charge < -0.3 is 5.11 Å². The first-order chi connectivity index (χ1) is 6.93. The van der Waals surface area contributed by atoms with Gasteiger partial charge in [-0.15, -0.1) is 0 Å². The molecule has 0 aromatic heterocycles. The van der Waals surface area contributed by atoms with Gasteiger partial charge >= 0.3 is 0 Å². The molecule has 82 valence electrons. The summed E-state index contributed by atoms with van der Waals surface area (Å²) in [4.78, 5) is 0. The highest BCUT2D eigenvalue weighted by atomic mass is 16.3. The van der Waals surface area contributed by atoms with Gasteiger partial charge in [0.15, 0.2) is 0 Å². The Morgan fingerprint density at radius 2 is 1.80 bits per heavy atom. The minimum atomic E-state index is -0.595. The van der Waals surface area contributed by atoms with Gasteiger partial charge in [0, 0.05) is 5.92 Å². The van der Waals surface area contributed by atoms with Gasteiger partial charge in [-0.3, -0.25) is 0 Å². The predicted molar refractivity (Wildman–Crippen MR) is 61.3 cm³/mol. The van der Waals surface area contributed by atoms with Gasteiger partial charge in [-0.1, -0.05) is 45.1 Å². The van der Waals surface area contributed by atoms with Crippen molar-refractivity contribution >= 4 is 0 Å². The summed E-state index contributed by atoms with van der Waals surface area (Å²) in [5.74, 6) is 2.35. The van der Waals surface area contributed by atoms with Crippen LogP contribution in [-0.2, 0) is 0 Å². The van der Waals surface area contributed by atoms with Crippen LogP contribution in [0, 0.1) is 29.1 Å². The van der Waals surface area contributed by atoms with Crippen LogP contribution in [0.15, 0.2) is 24.3 Å². The van der Waals surface area contributed by atoms with Gasteiger partial charge in [-0.2, -0.15) is 0 Å². The van der Waals surface area contributed by atoms with Crippen LogP contribution in [0.4, 0.5) is 0 Å². The molecule has 3 rings (SSSR count). The molecule has 1 fully saturated rings. The largest absolute Gasteiger partial charge is 0.385 e. The molecule has 0 radical (unpaired) electrons. The van der Waals surface area contributed by atoms with Gasteiger partial charge in [-0.25, -0.2) is 0 Å². The zero-order chi connectivity index (χ0) is 10.8. The molecular formula is C14H20O. The minimum Gasteiger partial charge on any atom is -0.385 e. The van der Waals surface area contributed by atoms with E-state index in [0.29, 0.717) is 23.7 Å². The Morgan fingerprint density at radius 1 is 1.13 bits per heavy atom. The fraction of sp³-hybridized carbons (Fsp3) is 0.714. The van der Waals surface area contributed by atoms with E-state index in [-0.39, 0.29) is 5.41 Å². The average molecular weight is 204 g/mol. The molecule has 0 heterocycles. The highest BCUT2D eigenvalue weighted by Crippen LogP contribution is 2.60. The second-order valence-corrected chi connectivity index (χ2v) is 6.49. The zero-order valence-corrected chi connectivity index (χ0v) is 9.77. The summed E-state index contributed by atoms with van der Waals surface area (Å²) in [6, 6.07) is 0. The summed E-state index contributed by atoms with van der Waals surface area (Å²) in [5, 5.41) is 10.9. The number of aliphatic hydroxyl groups is 1. The van der Waals surface area contributed by atoms with E-state index in [4.69, 9.17) is 0 Å². The molecule has 15 heavy (non-hydrogen) atoms. The maximum atomic E-state index is 10.9. The molecule has 2 bridgehead atoms. The molecule has 0 spiro atoms. The number of allylic oxidation sites excluding steroid dienone is 3. The molecule has 1 heteroatoms. The van der Waals surface area contributed by atoms with Gasteiger partial charge in [0.25, 0.3) is 0 Å². The molecule has 1 saturated carbocycles. The van der Waals surface area contributed by atoms with E-state index in [9.17, 15) is 5.11 Å². The van der Waals surface area contributed by atoms with Crippen LogP contribution in [0.2, 0.25) is 0 Å². The minimum absolute atomic E-state index is 0.0543. The Balaban J connectivity index is 2.02. The molecule has 1 N–H and O–H groups in total. The summed E-state index contributed by atoms with van der Waals surface area (Å²) in [6.45, 7) is 6.44. The third-order valence-electron chi connectivity index (χ3n) is 4.80. The van der Waals surface area contributed by atoms with E-state index in [2.05, 4.69) is 45.1 Å². The van der Waals surface area contributed by atoms with E-state index in [0.717, 1.165) is 0 Å². The van der Waals surface area contributed by atoms with Crippen molar-refractivity contribution in [2.24, 2.45) is 29.1 Å². The summed E-state index contributed by atoms with van der Waals surface area (Å²) in [6.07, 6.45) is 10.3. The third-order valence-corrected chi connectivity index (χ3v) is 4.80. The summed E-state index contributed by atoms with van der Waals surface area (Å²) in [7, 11) is 0. The van der Waals surface area contributed by atoms with Crippen molar-refractivity contribution in [3.63, 3.8) is 0 Å². The number of hydrogen-bond donors (Lipinski definition) is 1. The summed E-state index contributed by atoms with van der Waals surface area (Å²) < 4.78 is 0. The van der Waals surface area contributed by atoms with Gasteiger partial charge in [0.05, 0.1) is 5.60 Å². The standard InChI is InChI=1S/C14H20O/c1-13(2,3)14(15)7-6-11-9-4-5-10(8-9)12(11)14/h4-7,9-12,15H,8H2,1-3H3/t9-,10+,11-,12+,14-/m0/s1. The first-order valence-corrected chi connectivity index (χ1v) is 6.03. The topological polar surface area (TPSA) is 20.2 Å². The Labute approximate surface area is 91.9 Å². The quantitative estimate of drug-likeness (QED) is 0.602. The molecule has 0 unspecified atom stereocenters. The van der Waals surface area contributed by atoms with Crippen LogP contribution in [0.1, 0.15) is 27.2 Å². The van der Waals surface area contributed by atoms with Crippen LogP contribution in [0.25, 0.3) is 0 Å². The van der Waals surface area contributed by atoms with Crippen molar-refractivity contribution in [2.45, 2.75) is 32.8 Å². The second-order valence-electron chi connectivity index (χ2n) is 6.49. The molecule has 3 aliphatic carbocycles. The molecule has 0 aromatic rings. The smallest absolute Gasteiger partial charge is 0.0915 e. The van der Waals surface area contributed by atoms with E-state index in [1.54, 1.807) is 0 Å². The lowest BCUT2D eigenvalue weighted by atomic mass is 9.66. The molecular weight excluding hydrogens is 184 g/mol. The molecule has 0 saturated heterocycles. The highest BCUT2D eigenvalue weighted by molar-refractivity contribution is 5.31. The summed E-state index contributed by atoms with van der Waals surface area (Å²) >= 11 is 0. The highest BCUT2D eigenvalue weighted by Gasteiger charge is 2.59. The molecule has 0 aliphatic heterocycles. The summed E-state index contributed by atoms with van der Waals surface area (Å²) in [5.41, 5.74) is -0.650. The molecule has 1 nitrogen and oxygen atoms in total. The molecule has 0 amide bonds. The lowest BCUT2D eigenvalue weighted by Gasteiger charge is -2.43. The van der Waals surface area contributed by atoms with Crippen LogP contribution in [0.5, 0.6) is 0 Å². The van der Waals surface area contributed by atoms with E-state index in [1.165, 1.54) is 6.42 Å². The predicted octanol–water partition coefficient (Wildman–Crippen LogP) is 2.77. The van der Waals surface area contributed by atoms with E-state index >= 15 is 0 Å². The lowest BCUT2D eigenvalue weighted by molar-refractivity contribution is -0.0706. The van der Waals surface area contributed by atoms with E-state index < -0.39 is 5.60 Å². The van der Waals surface area contributed by atoms with Gasteiger partial charge in [0.2, 0.25) is 0 Å². The lowest BCUT2D eigenvalue weighted by Crippen LogP contribution is -2.48. The van der Waals surface area contributed by atoms with Crippen LogP contribution >= 0.6 is 0 Å². The number of rotatable bonds is 0. The maximum absolute atomic E-state index is 10.9. The van der Waals surface area contributed by atoms with Crippen molar-refractivity contribution in [3.8, 4) is 0 Å². The fourth-order valence-corrected chi connectivity index (χ4v) is 3.86. The Morgan fingerprint density at radius 3 is 2.47 bits per heavy atom. The SMILES string of the molecule is CC(C)(C)[C@]1(O)C=C[C@@H]2[C@H]1[C@@H]1C=C[C@H]2C1. The molecule has 3 aliphatic rings. The van der Waals surface area contributed by atoms with Crippen LogP contribution in [0.3, 0.4) is 0 Å². The van der Waals surface area contributed by atoms with Crippen LogP contribution in [-0.4, -0.2) is 10.7 Å². The van der Waals surface area contributed by atoms with E-state index in [1.807, 2.05) is 0 Å². The Hall–Kier alpha value is -0.560. The number of fused-ring (bicyclic) bond motifs is 5. The third kappa shape index (κ3) is 1.02. The Bertz CT molecular complexity index is 347. The first-order valence-electron chi connectivity index (χ1n) is 6.03. The fourth-order valence-electron chi connectivity index (χ4n) is 3.86. The second kappa shape index (κ2) is 2.57.